The molecule has 0 bridgehead atoms. The van der Waals surface area contributed by atoms with E-state index >= 15 is 0 Å². The normalized spacial score (nSPS) is 11.1. The van der Waals surface area contributed by atoms with Gasteiger partial charge in [-0.2, -0.15) is 0 Å². The molecule has 0 aliphatic carbocycles. The predicted molar refractivity (Wildman–Crippen MR) is 69.9 cm³/mol. The smallest absolute Gasteiger partial charge is 0.326 e. The molecule has 0 heterocycles. The average molecular weight is 272 g/mol. The third kappa shape index (κ3) is 7.63. The number of urea groups is 2. The Morgan fingerprint density at radius 1 is 1.26 bits per heavy atom. The molecule has 0 aliphatic heterocycles. The van der Waals surface area contributed by atoms with Crippen molar-refractivity contribution in [3.8, 4) is 0 Å². The number of hydrogen-bond acceptors (Lipinski definition) is 3. The Labute approximate surface area is 111 Å². The molecule has 0 rings (SSSR count). The largest absolute Gasteiger partial charge is 0.480 e. The minimum atomic E-state index is -1.13. The van der Waals surface area contributed by atoms with Crippen molar-refractivity contribution in [1.82, 2.24) is 20.9 Å². The molecule has 0 aromatic heterocycles. The van der Waals surface area contributed by atoms with E-state index in [4.69, 9.17) is 5.11 Å². The molecular formula is C11H20N4O4. The second kappa shape index (κ2) is 8.78. The first kappa shape index (κ1) is 16.8. The molecule has 0 fully saturated rings. The van der Waals surface area contributed by atoms with E-state index < -0.39 is 18.0 Å². The lowest BCUT2D eigenvalue weighted by Crippen LogP contribution is -2.47. The van der Waals surface area contributed by atoms with Gasteiger partial charge in [0, 0.05) is 27.2 Å². The van der Waals surface area contributed by atoms with Crippen LogP contribution >= 0.6 is 0 Å². The van der Waals surface area contributed by atoms with E-state index in [1.54, 1.807) is 14.1 Å². The molecule has 1 unspecified atom stereocenters. The zero-order chi connectivity index (χ0) is 14.8. The van der Waals surface area contributed by atoms with E-state index in [9.17, 15) is 14.4 Å². The fourth-order valence-corrected chi connectivity index (χ4v) is 1.10. The molecule has 4 amide bonds. The molecule has 0 saturated heterocycles. The number of carboxylic acid groups (broad SMARTS) is 1. The van der Waals surface area contributed by atoms with Gasteiger partial charge in [-0.15, -0.1) is 6.58 Å². The van der Waals surface area contributed by atoms with Crippen molar-refractivity contribution in [1.29, 1.82) is 0 Å². The van der Waals surface area contributed by atoms with Crippen molar-refractivity contribution in [2.75, 3.05) is 27.2 Å². The van der Waals surface area contributed by atoms with Gasteiger partial charge < -0.3 is 26.0 Å². The van der Waals surface area contributed by atoms with Crippen LogP contribution in [-0.4, -0.2) is 61.3 Å². The van der Waals surface area contributed by atoms with Crippen molar-refractivity contribution in [2.45, 2.75) is 12.5 Å². The average Bonchev–Trinajstić information content (AvgIpc) is 2.33. The Morgan fingerprint density at radius 3 is 2.32 bits per heavy atom. The summed E-state index contributed by atoms with van der Waals surface area (Å²) in [5, 5.41) is 16.1. The van der Waals surface area contributed by atoms with Crippen LogP contribution in [-0.2, 0) is 4.79 Å². The maximum atomic E-state index is 11.4. The zero-order valence-corrected chi connectivity index (χ0v) is 11.1. The first-order valence-electron chi connectivity index (χ1n) is 5.71. The third-order valence-corrected chi connectivity index (χ3v) is 2.10. The van der Waals surface area contributed by atoms with Crippen molar-refractivity contribution in [2.24, 2.45) is 0 Å². The number of nitrogens with one attached hydrogen (secondary N) is 3. The van der Waals surface area contributed by atoms with Crippen LogP contribution in [0.5, 0.6) is 0 Å². The fourth-order valence-electron chi connectivity index (χ4n) is 1.10. The number of amides is 4. The van der Waals surface area contributed by atoms with E-state index in [0.717, 1.165) is 0 Å². The summed E-state index contributed by atoms with van der Waals surface area (Å²) in [5.74, 6) is -1.13. The van der Waals surface area contributed by atoms with Gasteiger partial charge in [-0.25, -0.2) is 14.4 Å². The Bertz CT molecular complexity index is 344. The number of hydrogen-bond donors (Lipinski definition) is 4. The second-order valence-corrected chi connectivity index (χ2v) is 3.94. The standard InChI is InChI=1S/C11H20N4O4/c1-4-5-8(9(16)17)14-10(18)12-6-7-13-11(19)15(2)3/h4,8H,1,5-7H2,2-3H3,(H,13,19)(H,16,17)(H2,12,14,18). The van der Waals surface area contributed by atoms with Gasteiger partial charge in [0.25, 0.3) is 0 Å². The van der Waals surface area contributed by atoms with Crippen LogP contribution in [0.25, 0.3) is 0 Å². The number of aliphatic carboxylic acids is 1. The molecule has 0 aromatic carbocycles. The van der Waals surface area contributed by atoms with Crippen LogP contribution in [0.2, 0.25) is 0 Å². The summed E-state index contributed by atoms with van der Waals surface area (Å²) in [7, 11) is 3.20. The molecule has 108 valence electrons. The summed E-state index contributed by atoms with van der Waals surface area (Å²) in [5.41, 5.74) is 0. The summed E-state index contributed by atoms with van der Waals surface area (Å²) in [4.78, 5) is 34.6. The molecule has 19 heavy (non-hydrogen) atoms. The monoisotopic (exact) mass is 272 g/mol. The van der Waals surface area contributed by atoms with Gasteiger partial charge in [0.05, 0.1) is 0 Å². The van der Waals surface area contributed by atoms with Crippen LogP contribution in [0.1, 0.15) is 6.42 Å². The lowest BCUT2D eigenvalue weighted by atomic mass is 10.2. The lowest BCUT2D eigenvalue weighted by molar-refractivity contribution is -0.139. The second-order valence-electron chi connectivity index (χ2n) is 3.94. The van der Waals surface area contributed by atoms with Crippen LogP contribution < -0.4 is 16.0 Å². The first-order chi connectivity index (χ1) is 8.88. The Balaban J connectivity index is 3.89. The molecule has 0 radical (unpaired) electrons. The highest BCUT2D eigenvalue weighted by molar-refractivity contribution is 5.82. The van der Waals surface area contributed by atoms with Crippen molar-refractivity contribution >= 4 is 18.0 Å². The summed E-state index contributed by atoms with van der Waals surface area (Å²) in [6.45, 7) is 3.87. The van der Waals surface area contributed by atoms with Gasteiger partial charge in [0.15, 0.2) is 0 Å². The summed E-state index contributed by atoms with van der Waals surface area (Å²) >= 11 is 0. The number of nitrogens with zero attached hydrogens (tertiary/aromatic N) is 1. The highest BCUT2D eigenvalue weighted by Gasteiger charge is 2.17. The topological polar surface area (TPSA) is 111 Å². The summed E-state index contributed by atoms with van der Waals surface area (Å²) in [6, 6.07) is -1.88. The van der Waals surface area contributed by atoms with Crippen LogP contribution in [0.4, 0.5) is 9.59 Å². The molecule has 0 saturated carbocycles. The SMILES string of the molecule is C=CCC(NC(=O)NCCNC(=O)N(C)C)C(=O)O. The van der Waals surface area contributed by atoms with Crippen LogP contribution in [0, 0.1) is 0 Å². The lowest BCUT2D eigenvalue weighted by Gasteiger charge is -2.14. The molecule has 0 aliphatic rings. The molecule has 0 spiro atoms. The van der Waals surface area contributed by atoms with Gasteiger partial charge in [-0.1, -0.05) is 6.08 Å². The Morgan fingerprint density at radius 2 is 1.84 bits per heavy atom. The minimum absolute atomic E-state index is 0.139. The van der Waals surface area contributed by atoms with E-state index in [0.29, 0.717) is 0 Å². The zero-order valence-electron chi connectivity index (χ0n) is 11.1. The predicted octanol–water partition coefficient (Wildman–Crippen LogP) is -0.414. The quantitative estimate of drug-likeness (QED) is 0.373. The van der Waals surface area contributed by atoms with Gasteiger partial charge in [-0.05, 0) is 6.42 Å². The molecule has 1 atom stereocenters. The summed E-state index contributed by atoms with van der Waals surface area (Å²) in [6.07, 6.45) is 1.55. The van der Waals surface area contributed by atoms with Crippen molar-refractivity contribution in [3.63, 3.8) is 0 Å². The maximum Gasteiger partial charge on any atom is 0.326 e. The molecule has 8 heteroatoms. The van der Waals surface area contributed by atoms with Crippen molar-refractivity contribution in [3.05, 3.63) is 12.7 Å². The van der Waals surface area contributed by atoms with Crippen molar-refractivity contribution < 1.29 is 19.5 Å². The minimum Gasteiger partial charge on any atom is -0.480 e. The van der Waals surface area contributed by atoms with Gasteiger partial charge in [0.2, 0.25) is 0 Å². The third-order valence-electron chi connectivity index (χ3n) is 2.10. The number of carbonyl (C=O) groups is 3. The number of carbonyl (C=O) groups excluding carboxylic acids is 2. The van der Waals surface area contributed by atoms with Crippen LogP contribution in [0.15, 0.2) is 12.7 Å². The fraction of sp³-hybridized carbons (Fsp3) is 0.545. The van der Waals surface area contributed by atoms with Gasteiger partial charge in [0.1, 0.15) is 6.04 Å². The number of rotatable bonds is 7. The summed E-state index contributed by atoms with van der Waals surface area (Å²) < 4.78 is 0. The first-order valence-corrected chi connectivity index (χ1v) is 5.71. The van der Waals surface area contributed by atoms with Gasteiger partial charge in [-0.3, -0.25) is 0 Å². The highest BCUT2D eigenvalue weighted by atomic mass is 16.4. The highest BCUT2D eigenvalue weighted by Crippen LogP contribution is 1.92. The molecular weight excluding hydrogens is 252 g/mol. The molecule has 8 nitrogen and oxygen atoms in total. The molecule has 0 aromatic rings. The Kier molecular flexibility index (Phi) is 7.74. The number of carboxylic acids is 1. The molecule has 4 N–H and O–H groups in total. The van der Waals surface area contributed by atoms with E-state index in [1.807, 2.05) is 0 Å². The van der Waals surface area contributed by atoms with E-state index in [-0.39, 0.29) is 25.5 Å². The van der Waals surface area contributed by atoms with E-state index in [1.165, 1.54) is 11.0 Å². The van der Waals surface area contributed by atoms with Crippen LogP contribution in [0.3, 0.4) is 0 Å². The van der Waals surface area contributed by atoms with E-state index in [2.05, 4.69) is 22.5 Å². The van der Waals surface area contributed by atoms with Gasteiger partial charge >= 0.3 is 18.0 Å². The maximum absolute atomic E-state index is 11.4. The Hall–Kier alpha value is -2.25.